The molecule has 1 aliphatic rings. The maximum Gasteiger partial charge on any atom is 0.262 e. The van der Waals surface area contributed by atoms with Crippen molar-refractivity contribution in [2.75, 3.05) is 25.6 Å². The number of nitrogens with zero attached hydrogens (tertiary/aromatic N) is 1. The first-order valence-electron chi connectivity index (χ1n) is 8.01. The Kier molecular flexibility index (Phi) is 5.00. The quantitative estimate of drug-likeness (QED) is 0.924. The number of anilines is 1. The van der Waals surface area contributed by atoms with Crippen molar-refractivity contribution in [2.24, 2.45) is 0 Å². The lowest BCUT2D eigenvalue weighted by molar-refractivity contribution is -0.127. The fourth-order valence-electron chi connectivity index (χ4n) is 2.84. The van der Waals surface area contributed by atoms with Crippen molar-refractivity contribution in [1.29, 1.82) is 0 Å². The number of ether oxygens (including phenoxy) is 2. The number of fused-ring (bicyclic) bond motifs is 1. The van der Waals surface area contributed by atoms with Gasteiger partial charge in [0.1, 0.15) is 5.75 Å². The van der Waals surface area contributed by atoms with E-state index in [-0.39, 0.29) is 18.4 Å². The van der Waals surface area contributed by atoms with Gasteiger partial charge in [-0.3, -0.25) is 9.59 Å². The molecule has 0 fully saturated rings. The lowest BCUT2D eigenvalue weighted by Crippen LogP contribution is -2.50. The molecular weight excluding hydrogens is 320 g/mol. The average Bonchev–Trinajstić information content (AvgIpc) is 2.66. The zero-order valence-electron chi connectivity index (χ0n) is 14.2. The zero-order chi connectivity index (χ0) is 17.8. The summed E-state index contributed by atoms with van der Waals surface area (Å²) in [4.78, 5) is 26.7. The van der Waals surface area contributed by atoms with Gasteiger partial charge in [-0.05, 0) is 29.8 Å². The fraction of sp³-hybridized carbons (Fsp3) is 0.263. The van der Waals surface area contributed by atoms with Crippen LogP contribution in [0.3, 0.4) is 0 Å². The summed E-state index contributed by atoms with van der Waals surface area (Å²) in [6.45, 7) is 0.589. The Labute approximate surface area is 146 Å². The van der Waals surface area contributed by atoms with E-state index in [0.717, 1.165) is 5.56 Å². The Morgan fingerprint density at radius 1 is 1.24 bits per heavy atom. The summed E-state index contributed by atoms with van der Waals surface area (Å²) in [5.74, 6) is 0.0757. The number of likely N-dealkylation sites (N-methyl/N-ethyl adjacent to an activating group) is 1. The standard InChI is InChI=1S/C19H20N2O4/c1-20-18(22)17-11-21(15-8-3-4-9-16(15)25-17)19(23)14-7-5-6-13(10-14)12-24-2/h3-10,17H,11-12H2,1-2H3,(H,20,22)/t17-/m0/s1. The Balaban J connectivity index is 1.95. The third-order valence-electron chi connectivity index (χ3n) is 4.04. The number of carbonyl (C=O) groups excluding carboxylic acids is 2. The number of para-hydroxylation sites is 2. The van der Waals surface area contributed by atoms with E-state index < -0.39 is 6.10 Å². The molecule has 6 nitrogen and oxygen atoms in total. The highest BCUT2D eigenvalue weighted by Gasteiger charge is 2.33. The largest absolute Gasteiger partial charge is 0.477 e. The first kappa shape index (κ1) is 17.0. The number of amides is 2. The predicted octanol–water partition coefficient (Wildman–Crippen LogP) is 1.99. The molecule has 1 heterocycles. The molecule has 0 radical (unpaired) electrons. The summed E-state index contributed by atoms with van der Waals surface area (Å²) < 4.78 is 10.9. The topological polar surface area (TPSA) is 67.9 Å². The molecule has 0 aliphatic carbocycles. The molecule has 2 aromatic carbocycles. The molecule has 2 aromatic rings. The van der Waals surface area contributed by atoms with E-state index in [1.807, 2.05) is 30.3 Å². The number of rotatable bonds is 4. The van der Waals surface area contributed by atoms with Gasteiger partial charge in [-0.25, -0.2) is 0 Å². The lowest BCUT2D eigenvalue weighted by Gasteiger charge is -2.34. The highest BCUT2D eigenvalue weighted by Crippen LogP contribution is 2.34. The minimum Gasteiger partial charge on any atom is -0.477 e. The number of hydrogen-bond acceptors (Lipinski definition) is 4. The van der Waals surface area contributed by atoms with E-state index in [9.17, 15) is 9.59 Å². The first-order chi connectivity index (χ1) is 12.1. The van der Waals surface area contributed by atoms with Crippen molar-refractivity contribution < 1.29 is 19.1 Å². The van der Waals surface area contributed by atoms with Gasteiger partial charge < -0.3 is 19.7 Å². The molecule has 0 aromatic heterocycles. The van der Waals surface area contributed by atoms with Crippen LogP contribution >= 0.6 is 0 Å². The number of carbonyl (C=O) groups is 2. The second-order valence-corrected chi connectivity index (χ2v) is 5.74. The maximum atomic E-state index is 13.1. The van der Waals surface area contributed by atoms with Crippen LogP contribution in [0.2, 0.25) is 0 Å². The van der Waals surface area contributed by atoms with Crippen molar-refractivity contribution in [3.05, 3.63) is 59.7 Å². The minimum absolute atomic E-state index is 0.157. The zero-order valence-corrected chi connectivity index (χ0v) is 14.2. The molecule has 1 N–H and O–H groups in total. The van der Waals surface area contributed by atoms with Crippen LogP contribution in [-0.2, 0) is 16.1 Å². The van der Waals surface area contributed by atoms with E-state index >= 15 is 0 Å². The van der Waals surface area contributed by atoms with Crippen molar-refractivity contribution >= 4 is 17.5 Å². The van der Waals surface area contributed by atoms with Crippen LogP contribution in [-0.4, -0.2) is 38.6 Å². The molecule has 1 aliphatic heterocycles. The molecule has 0 bridgehead atoms. The van der Waals surface area contributed by atoms with Crippen LogP contribution in [0, 0.1) is 0 Å². The Hall–Kier alpha value is -2.86. The number of benzene rings is 2. The van der Waals surface area contributed by atoms with E-state index in [0.29, 0.717) is 23.6 Å². The van der Waals surface area contributed by atoms with Gasteiger partial charge in [0, 0.05) is 19.7 Å². The van der Waals surface area contributed by atoms with Gasteiger partial charge >= 0.3 is 0 Å². The Morgan fingerprint density at radius 2 is 2.04 bits per heavy atom. The van der Waals surface area contributed by atoms with Crippen LogP contribution in [0.5, 0.6) is 5.75 Å². The smallest absolute Gasteiger partial charge is 0.262 e. The molecule has 2 amide bonds. The molecule has 0 saturated carbocycles. The van der Waals surface area contributed by atoms with E-state index in [1.54, 1.807) is 37.3 Å². The average molecular weight is 340 g/mol. The molecule has 0 unspecified atom stereocenters. The van der Waals surface area contributed by atoms with Gasteiger partial charge in [0.25, 0.3) is 11.8 Å². The van der Waals surface area contributed by atoms with Crippen molar-refractivity contribution in [3.8, 4) is 5.75 Å². The molecular formula is C19H20N2O4. The summed E-state index contributed by atoms with van der Waals surface area (Å²) in [5, 5.41) is 2.57. The lowest BCUT2D eigenvalue weighted by atomic mass is 10.1. The monoisotopic (exact) mass is 340 g/mol. The van der Waals surface area contributed by atoms with Crippen LogP contribution in [0.4, 0.5) is 5.69 Å². The maximum absolute atomic E-state index is 13.1. The first-order valence-corrected chi connectivity index (χ1v) is 8.01. The highest BCUT2D eigenvalue weighted by atomic mass is 16.5. The third-order valence-corrected chi connectivity index (χ3v) is 4.04. The van der Waals surface area contributed by atoms with Crippen LogP contribution in [0.25, 0.3) is 0 Å². The van der Waals surface area contributed by atoms with E-state index in [4.69, 9.17) is 9.47 Å². The molecule has 3 rings (SSSR count). The van der Waals surface area contributed by atoms with Crippen LogP contribution < -0.4 is 15.0 Å². The van der Waals surface area contributed by atoms with Crippen molar-refractivity contribution in [2.45, 2.75) is 12.7 Å². The molecule has 25 heavy (non-hydrogen) atoms. The minimum atomic E-state index is -0.744. The van der Waals surface area contributed by atoms with Gasteiger partial charge in [0.05, 0.1) is 18.8 Å². The summed E-state index contributed by atoms with van der Waals surface area (Å²) in [6.07, 6.45) is -0.744. The second-order valence-electron chi connectivity index (χ2n) is 5.74. The summed E-state index contributed by atoms with van der Waals surface area (Å²) in [7, 11) is 3.16. The Bertz CT molecular complexity index is 790. The molecule has 1 atom stereocenters. The third kappa shape index (κ3) is 3.49. The number of methoxy groups -OCH3 is 1. The normalized spacial score (nSPS) is 15.9. The van der Waals surface area contributed by atoms with Gasteiger partial charge in [-0.1, -0.05) is 24.3 Å². The fourth-order valence-corrected chi connectivity index (χ4v) is 2.84. The Morgan fingerprint density at radius 3 is 2.80 bits per heavy atom. The molecule has 0 saturated heterocycles. The SMILES string of the molecule is CNC(=O)[C@@H]1CN(C(=O)c2cccc(COC)c2)c2ccccc2O1. The summed E-state index contributed by atoms with van der Waals surface area (Å²) >= 11 is 0. The van der Waals surface area contributed by atoms with Gasteiger partial charge in [0.2, 0.25) is 0 Å². The molecule has 130 valence electrons. The van der Waals surface area contributed by atoms with Crippen molar-refractivity contribution in [1.82, 2.24) is 5.32 Å². The van der Waals surface area contributed by atoms with Crippen LogP contribution in [0.15, 0.2) is 48.5 Å². The summed E-state index contributed by atoms with van der Waals surface area (Å²) in [5.41, 5.74) is 2.12. The van der Waals surface area contributed by atoms with Gasteiger partial charge in [0.15, 0.2) is 6.10 Å². The van der Waals surface area contributed by atoms with E-state index in [2.05, 4.69) is 5.32 Å². The van der Waals surface area contributed by atoms with Gasteiger partial charge in [-0.2, -0.15) is 0 Å². The second kappa shape index (κ2) is 7.36. The highest BCUT2D eigenvalue weighted by molar-refractivity contribution is 6.08. The van der Waals surface area contributed by atoms with E-state index in [1.165, 1.54) is 0 Å². The van der Waals surface area contributed by atoms with Crippen LogP contribution in [0.1, 0.15) is 15.9 Å². The molecule has 6 heteroatoms. The number of nitrogens with one attached hydrogen (secondary N) is 1. The predicted molar refractivity (Wildman–Crippen MR) is 93.8 cm³/mol. The van der Waals surface area contributed by atoms with Crippen molar-refractivity contribution in [3.63, 3.8) is 0 Å². The van der Waals surface area contributed by atoms with Gasteiger partial charge in [-0.15, -0.1) is 0 Å². The molecule has 0 spiro atoms. The number of hydrogen-bond donors (Lipinski definition) is 1. The summed E-state index contributed by atoms with van der Waals surface area (Å²) in [6, 6.07) is 14.5.